The number of terminal acetylenes is 1. The Morgan fingerprint density at radius 1 is 1.45 bits per heavy atom. The Bertz CT molecular complexity index is 380. The van der Waals surface area contributed by atoms with Crippen molar-refractivity contribution in [2.24, 2.45) is 0 Å². The number of piperazine rings is 1. The predicted molar refractivity (Wildman–Crippen MR) is 80.5 cm³/mol. The molecule has 0 unspecified atom stereocenters. The van der Waals surface area contributed by atoms with Gasteiger partial charge in [0.05, 0.1) is 11.6 Å². The highest BCUT2D eigenvalue weighted by Crippen LogP contribution is 2.13. The number of ether oxygens (including phenoxy) is 1. The van der Waals surface area contributed by atoms with E-state index in [0.29, 0.717) is 13.1 Å². The van der Waals surface area contributed by atoms with E-state index in [4.69, 9.17) is 11.2 Å². The fraction of sp³-hybridized carbons (Fsp3) is 0.800. The van der Waals surface area contributed by atoms with Crippen molar-refractivity contribution < 1.29 is 9.53 Å². The summed E-state index contributed by atoms with van der Waals surface area (Å²) in [4.78, 5) is 14.0. The molecule has 1 amide bonds. The third kappa shape index (κ3) is 5.40. The summed E-state index contributed by atoms with van der Waals surface area (Å²) in [6, 6.07) is 0.0474. The van der Waals surface area contributed by atoms with E-state index in [1.807, 2.05) is 34.6 Å². The molecule has 2 N–H and O–H groups in total. The highest BCUT2D eigenvalue weighted by Gasteiger charge is 2.31. The van der Waals surface area contributed by atoms with Crippen LogP contribution >= 0.6 is 0 Å². The number of carbonyl (C=O) groups is 1. The summed E-state index contributed by atoms with van der Waals surface area (Å²) in [7, 11) is 0. The molecule has 1 aliphatic rings. The van der Waals surface area contributed by atoms with E-state index in [1.54, 1.807) is 4.90 Å². The lowest BCUT2D eigenvalue weighted by Crippen LogP contribution is -2.59. The highest BCUT2D eigenvalue weighted by atomic mass is 16.6. The first kappa shape index (κ1) is 16.8. The largest absolute Gasteiger partial charge is 0.444 e. The van der Waals surface area contributed by atoms with E-state index < -0.39 is 5.60 Å². The summed E-state index contributed by atoms with van der Waals surface area (Å²) < 4.78 is 5.46. The number of carbonyl (C=O) groups excluding carboxylic acids is 1. The lowest BCUT2D eigenvalue weighted by atomic mass is 10.1. The molecule has 0 aliphatic carbocycles. The molecule has 5 nitrogen and oxygen atoms in total. The van der Waals surface area contributed by atoms with Crippen LogP contribution in [-0.4, -0.2) is 54.4 Å². The first-order valence-electron chi connectivity index (χ1n) is 7.08. The van der Waals surface area contributed by atoms with Crippen LogP contribution in [0.1, 0.15) is 34.6 Å². The minimum absolute atomic E-state index is 0.0474. The maximum atomic E-state index is 12.2. The molecule has 0 aromatic heterocycles. The van der Waals surface area contributed by atoms with Crippen molar-refractivity contribution in [3.05, 3.63) is 0 Å². The molecule has 0 aromatic carbocycles. The Hall–Kier alpha value is -1.25. The molecule has 1 rings (SSSR count). The minimum atomic E-state index is -0.474. The molecule has 1 fully saturated rings. The molecule has 0 aromatic rings. The monoisotopic (exact) mass is 281 g/mol. The standard InChI is InChI=1S/C15H27N3O2/c1-7-15(5,6)17-11-12-10-16-8-9-18(12)13(19)20-14(2,3)4/h1,12,16-17H,8-11H2,2-6H3/t12-/m0/s1. The van der Waals surface area contributed by atoms with Crippen molar-refractivity contribution in [3.63, 3.8) is 0 Å². The zero-order chi connectivity index (χ0) is 15.4. The smallest absolute Gasteiger partial charge is 0.410 e. The van der Waals surface area contributed by atoms with Crippen LogP contribution in [-0.2, 0) is 4.74 Å². The van der Waals surface area contributed by atoms with Gasteiger partial charge in [-0.1, -0.05) is 5.92 Å². The average molecular weight is 281 g/mol. The van der Waals surface area contributed by atoms with Gasteiger partial charge < -0.3 is 15.0 Å². The van der Waals surface area contributed by atoms with Gasteiger partial charge in [0, 0.05) is 26.2 Å². The molecule has 0 bridgehead atoms. The second-order valence-corrected chi connectivity index (χ2v) is 6.68. The van der Waals surface area contributed by atoms with Crippen LogP contribution in [0.5, 0.6) is 0 Å². The molecule has 1 aliphatic heterocycles. The molecule has 20 heavy (non-hydrogen) atoms. The number of hydrogen-bond donors (Lipinski definition) is 2. The number of amides is 1. The van der Waals surface area contributed by atoms with Gasteiger partial charge in [0.2, 0.25) is 0 Å². The van der Waals surface area contributed by atoms with Gasteiger partial charge in [-0.2, -0.15) is 0 Å². The zero-order valence-corrected chi connectivity index (χ0v) is 13.2. The topological polar surface area (TPSA) is 53.6 Å². The summed E-state index contributed by atoms with van der Waals surface area (Å²) in [5.74, 6) is 2.70. The minimum Gasteiger partial charge on any atom is -0.444 e. The van der Waals surface area contributed by atoms with Crippen molar-refractivity contribution in [3.8, 4) is 12.3 Å². The van der Waals surface area contributed by atoms with E-state index in [2.05, 4.69) is 16.6 Å². The third-order valence-corrected chi connectivity index (χ3v) is 3.12. The average Bonchev–Trinajstić information content (AvgIpc) is 2.35. The quantitative estimate of drug-likeness (QED) is 0.763. The van der Waals surface area contributed by atoms with Gasteiger partial charge in [-0.05, 0) is 34.6 Å². The van der Waals surface area contributed by atoms with Crippen LogP contribution in [0, 0.1) is 12.3 Å². The SMILES string of the molecule is C#CC(C)(C)NC[C@@H]1CNCCN1C(=O)OC(C)(C)C. The van der Waals surface area contributed by atoms with E-state index in [-0.39, 0.29) is 17.7 Å². The Balaban J connectivity index is 2.63. The van der Waals surface area contributed by atoms with Crippen molar-refractivity contribution in [1.82, 2.24) is 15.5 Å². The van der Waals surface area contributed by atoms with Crippen LogP contribution in [0.3, 0.4) is 0 Å². The van der Waals surface area contributed by atoms with Crippen molar-refractivity contribution in [1.29, 1.82) is 0 Å². The van der Waals surface area contributed by atoms with Gasteiger partial charge in [-0.15, -0.1) is 6.42 Å². The Labute approximate surface area is 122 Å². The normalized spacial score (nSPS) is 20.4. The summed E-state index contributed by atoms with van der Waals surface area (Å²) >= 11 is 0. The summed E-state index contributed by atoms with van der Waals surface area (Å²) in [5, 5.41) is 6.60. The van der Waals surface area contributed by atoms with E-state index in [9.17, 15) is 4.79 Å². The number of hydrogen-bond acceptors (Lipinski definition) is 4. The third-order valence-electron chi connectivity index (χ3n) is 3.12. The van der Waals surface area contributed by atoms with Crippen LogP contribution in [0.15, 0.2) is 0 Å². The van der Waals surface area contributed by atoms with E-state index >= 15 is 0 Å². The zero-order valence-electron chi connectivity index (χ0n) is 13.2. The first-order valence-corrected chi connectivity index (χ1v) is 7.08. The molecule has 114 valence electrons. The van der Waals surface area contributed by atoms with Crippen LogP contribution in [0.25, 0.3) is 0 Å². The molecule has 0 saturated carbocycles. The first-order chi connectivity index (χ1) is 9.14. The molecular weight excluding hydrogens is 254 g/mol. The Morgan fingerprint density at radius 2 is 2.10 bits per heavy atom. The predicted octanol–water partition coefficient (Wildman–Crippen LogP) is 1.20. The molecule has 0 spiro atoms. The number of rotatable bonds is 3. The highest BCUT2D eigenvalue weighted by molar-refractivity contribution is 5.68. The van der Waals surface area contributed by atoms with Crippen LogP contribution in [0.4, 0.5) is 4.79 Å². The summed E-state index contributed by atoms with van der Waals surface area (Å²) in [6.07, 6.45) is 5.21. The second-order valence-electron chi connectivity index (χ2n) is 6.68. The van der Waals surface area contributed by atoms with E-state index in [1.165, 1.54) is 0 Å². The van der Waals surface area contributed by atoms with Crippen LogP contribution in [0.2, 0.25) is 0 Å². The fourth-order valence-electron chi connectivity index (χ4n) is 1.93. The summed E-state index contributed by atoms with van der Waals surface area (Å²) in [5.41, 5.74) is -0.852. The second kappa shape index (κ2) is 6.47. The van der Waals surface area contributed by atoms with Gasteiger partial charge in [0.15, 0.2) is 0 Å². The lowest BCUT2D eigenvalue weighted by molar-refractivity contribution is 0.0117. The Kier molecular flexibility index (Phi) is 5.43. The van der Waals surface area contributed by atoms with Crippen molar-refractivity contribution in [2.75, 3.05) is 26.2 Å². The maximum absolute atomic E-state index is 12.2. The molecule has 5 heteroatoms. The maximum Gasteiger partial charge on any atom is 0.410 e. The molecule has 1 atom stereocenters. The molecular formula is C15H27N3O2. The van der Waals surface area contributed by atoms with E-state index in [0.717, 1.165) is 13.1 Å². The van der Waals surface area contributed by atoms with Gasteiger partial charge in [-0.25, -0.2) is 4.79 Å². The number of nitrogens with one attached hydrogen (secondary N) is 2. The van der Waals surface area contributed by atoms with Crippen molar-refractivity contribution >= 4 is 6.09 Å². The molecule has 0 radical (unpaired) electrons. The van der Waals surface area contributed by atoms with Crippen molar-refractivity contribution in [2.45, 2.75) is 51.8 Å². The molecule has 1 heterocycles. The molecule has 1 saturated heterocycles. The summed E-state index contributed by atoms with van der Waals surface area (Å²) in [6.45, 7) is 12.3. The van der Waals surface area contributed by atoms with Crippen LogP contribution < -0.4 is 10.6 Å². The van der Waals surface area contributed by atoms with Gasteiger partial charge in [0.25, 0.3) is 0 Å². The van der Waals surface area contributed by atoms with Gasteiger partial charge >= 0.3 is 6.09 Å². The van der Waals surface area contributed by atoms with Gasteiger partial charge in [0.1, 0.15) is 5.60 Å². The number of nitrogens with zero attached hydrogens (tertiary/aromatic N) is 1. The Morgan fingerprint density at radius 3 is 2.65 bits per heavy atom. The lowest BCUT2D eigenvalue weighted by Gasteiger charge is -2.38. The van der Waals surface area contributed by atoms with Gasteiger partial charge in [-0.3, -0.25) is 5.32 Å². The fourth-order valence-corrected chi connectivity index (χ4v) is 1.93.